The molecule has 0 amide bonds. The minimum absolute atomic E-state index is 0.0669. The van der Waals surface area contributed by atoms with Crippen LogP contribution in [0.15, 0.2) is 24.3 Å². The minimum Gasteiger partial charge on any atom is -0.483 e. The van der Waals surface area contributed by atoms with Crippen LogP contribution in [0.4, 0.5) is 4.39 Å². The summed E-state index contributed by atoms with van der Waals surface area (Å²) in [6.45, 7) is 22.1. The van der Waals surface area contributed by atoms with Crippen molar-refractivity contribution >= 4 is 5.97 Å². The van der Waals surface area contributed by atoms with E-state index in [-0.39, 0.29) is 49.9 Å². The molecule has 0 saturated carbocycles. The van der Waals surface area contributed by atoms with Crippen LogP contribution < -0.4 is 15.4 Å². The number of carbonyl (C=O) groups is 1. The average Bonchev–Trinajstić information content (AvgIpc) is 3.21. The number of carbonyl (C=O) groups excluding carboxylic acids is 1. The summed E-state index contributed by atoms with van der Waals surface area (Å²) in [5.74, 6) is -2.78. The summed E-state index contributed by atoms with van der Waals surface area (Å²) in [5.41, 5.74) is -6.11. The highest BCUT2D eigenvalue weighted by molar-refractivity contribution is 5.73. The van der Waals surface area contributed by atoms with E-state index < -0.39 is 101 Å². The second-order valence-electron chi connectivity index (χ2n) is 20.1. The summed E-state index contributed by atoms with van der Waals surface area (Å²) in [6.07, 6.45) is -7.49. The van der Waals surface area contributed by atoms with Crippen molar-refractivity contribution in [1.82, 2.24) is 15.5 Å². The lowest BCUT2D eigenvalue weighted by Crippen LogP contribution is -2.70. The molecule has 3 saturated heterocycles. The van der Waals surface area contributed by atoms with Gasteiger partial charge in [0.25, 0.3) is 0 Å². The maximum atomic E-state index is 14.5. The number of ether oxygens (including phenoxy) is 7. The highest BCUT2D eigenvalue weighted by Gasteiger charge is 2.58. The van der Waals surface area contributed by atoms with Gasteiger partial charge in [0.15, 0.2) is 18.7 Å². The molecule has 18 atom stereocenters. The zero-order valence-corrected chi connectivity index (χ0v) is 40.6. The predicted octanol–water partition coefficient (Wildman–Crippen LogP) is 4.15. The number of hydrogen-bond acceptors (Lipinski definition) is 15. The van der Waals surface area contributed by atoms with Crippen LogP contribution in [-0.4, -0.2) is 161 Å². The van der Waals surface area contributed by atoms with Gasteiger partial charge in [-0.2, -0.15) is 0 Å². The summed E-state index contributed by atoms with van der Waals surface area (Å²) in [5, 5.41) is 54.9. The minimum atomic E-state index is -1.84. The van der Waals surface area contributed by atoms with Crippen LogP contribution >= 0.6 is 0 Å². The molecular formula is C47H82FN3O12. The molecule has 1 aromatic carbocycles. The van der Waals surface area contributed by atoms with Crippen molar-refractivity contribution in [3.8, 4) is 5.75 Å². The molecule has 3 aliphatic rings. The fourth-order valence-corrected chi connectivity index (χ4v) is 9.89. The monoisotopic (exact) mass is 900 g/mol. The van der Waals surface area contributed by atoms with Gasteiger partial charge in [-0.1, -0.05) is 34.6 Å². The molecule has 0 bridgehead atoms. The molecule has 0 radical (unpaired) electrons. The van der Waals surface area contributed by atoms with Crippen molar-refractivity contribution < 1.29 is 62.8 Å². The Hall–Kier alpha value is -2.06. The number of cyclic esters (lactones) is 1. The van der Waals surface area contributed by atoms with Gasteiger partial charge in [-0.25, -0.2) is 4.39 Å². The van der Waals surface area contributed by atoms with Crippen LogP contribution in [0.25, 0.3) is 0 Å². The van der Waals surface area contributed by atoms with Crippen molar-refractivity contribution in [1.29, 1.82) is 0 Å². The van der Waals surface area contributed by atoms with Gasteiger partial charge >= 0.3 is 5.97 Å². The van der Waals surface area contributed by atoms with E-state index in [2.05, 4.69) is 10.6 Å². The van der Waals surface area contributed by atoms with Crippen LogP contribution in [0.3, 0.4) is 0 Å². The quantitative estimate of drug-likeness (QED) is 0.164. The van der Waals surface area contributed by atoms with E-state index in [1.807, 2.05) is 53.6 Å². The second kappa shape index (κ2) is 21.7. The van der Waals surface area contributed by atoms with Crippen LogP contribution in [0.5, 0.6) is 5.75 Å². The molecule has 0 aromatic heterocycles. The van der Waals surface area contributed by atoms with Crippen LogP contribution in [0, 0.1) is 23.6 Å². The van der Waals surface area contributed by atoms with Gasteiger partial charge < -0.3 is 69.1 Å². The number of rotatable bonds is 12. The zero-order valence-electron chi connectivity index (χ0n) is 40.6. The standard InChI is InChI=1S/C47H82FN3O12/c1-16-36-46(12,55)40(52)31(8)49-24-27(4)22-44(10,54)41(63-43-39(35(51(13)14)21-28(5)58-43)60-34-19-17-33(48)18-20-34)29(6)38(30(7)42(53)61-36)62-37-23-45(11,57-15)47(56,32(9)59-37)25-50-26(2)3/h17-20,26-32,35-41,43,49-50,52,54-56H,16,21-25H2,1-15H3/t27-,28-,29+,30-,31-,32+,35+,36-,37+,38+,39-,40-,41-,43+,44-,45-,46-,47+/m1/s1. The zero-order chi connectivity index (χ0) is 47.4. The third kappa shape index (κ3) is 12.5. The molecule has 3 fully saturated rings. The number of nitrogens with zero attached hydrogens (tertiary/aromatic N) is 1. The number of likely N-dealkylation sites (N-methyl/N-ethyl adjacent to an activating group) is 1. The van der Waals surface area contributed by atoms with Gasteiger partial charge in [0.2, 0.25) is 0 Å². The first-order valence-corrected chi connectivity index (χ1v) is 23.0. The van der Waals surface area contributed by atoms with Gasteiger partial charge in [0.1, 0.15) is 40.6 Å². The topological polar surface area (TPSA) is 190 Å². The summed E-state index contributed by atoms with van der Waals surface area (Å²) >= 11 is 0. The average molecular weight is 900 g/mol. The lowest BCUT2D eigenvalue weighted by atomic mass is 9.75. The van der Waals surface area contributed by atoms with E-state index in [0.717, 1.165) is 0 Å². The fraction of sp³-hybridized carbons (Fsp3) is 0.851. The predicted molar refractivity (Wildman–Crippen MR) is 236 cm³/mol. The fourth-order valence-electron chi connectivity index (χ4n) is 9.89. The summed E-state index contributed by atoms with van der Waals surface area (Å²) in [6, 6.07) is 4.95. The Kier molecular flexibility index (Phi) is 18.5. The van der Waals surface area contributed by atoms with E-state index in [0.29, 0.717) is 18.7 Å². The lowest BCUT2D eigenvalue weighted by molar-refractivity contribution is -0.336. The molecule has 0 spiro atoms. The Bertz CT molecular complexity index is 1590. The smallest absolute Gasteiger partial charge is 0.311 e. The molecule has 364 valence electrons. The molecule has 0 unspecified atom stereocenters. The molecule has 63 heavy (non-hydrogen) atoms. The molecule has 15 nitrogen and oxygen atoms in total. The first-order valence-electron chi connectivity index (χ1n) is 23.0. The van der Waals surface area contributed by atoms with E-state index in [1.54, 1.807) is 53.7 Å². The molecule has 3 aliphatic heterocycles. The lowest BCUT2D eigenvalue weighted by Gasteiger charge is -2.54. The number of nitrogens with one attached hydrogen (secondary N) is 2. The third-order valence-electron chi connectivity index (χ3n) is 14.0. The molecule has 1 aromatic rings. The number of halogens is 1. The van der Waals surface area contributed by atoms with E-state index in [9.17, 15) is 29.6 Å². The van der Waals surface area contributed by atoms with E-state index in [1.165, 1.54) is 26.2 Å². The molecule has 6 N–H and O–H groups in total. The van der Waals surface area contributed by atoms with Crippen molar-refractivity contribution in [3.63, 3.8) is 0 Å². The SMILES string of the molecule is CC[C@H]1OC(=O)[C@H](C)[C@@H](O[C@H]2C[C@@](C)(OC)[C@](O)(CNC(C)C)[C@H](C)O2)[C@H](C)[C@@H](O[C@@H]2O[C@H](C)C[C@H](N(C)C)[C@H]2Oc2ccc(F)cc2)[C@](C)(O)C[C@@H](C)CN[C@H](C)[C@@H](O)[C@]1(C)O. The van der Waals surface area contributed by atoms with E-state index >= 15 is 0 Å². The highest BCUT2D eigenvalue weighted by Crippen LogP contribution is 2.43. The van der Waals surface area contributed by atoms with Crippen molar-refractivity contribution in [3.05, 3.63) is 30.1 Å². The molecular weight excluding hydrogens is 818 g/mol. The van der Waals surface area contributed by atoms with Crippen LogP contribution in [-0.2, 0) is 33.2 Å². The molecule has 3 heterocycles. The Balaban J connectivity index is 1.86. The Morgan fingerprint density at radius 3 is 2.17 bits per heavy atom. The van der Waals surface area contributed by atoms with Crippen molar-refractivity contribution in [2.24, 2.45) is 17.8 Å². The van der Waals surface area contributed by atoms with E-state index in [4.69, 9.17) is 33.2 Å². The summed E-state index contributed by atoms with van der Waals surface area (Å²) in [4.78, 5) is 16.6. The number of esters is 1. The largest absolute Gasteiger partial charge is 0.483 e. The molecule has 4 rings (SSSR count). The summed E-state index contributed by atoms with van der Waals surface area (Å²) < 4.78 is 59.9. The number of benzene rings is 1. The maximum Gasteiger partial charge on any atom is 0.311 e. The van der Waals surface area contributed by atoms with Crippen molar-refractivity contribution in [2.75, 3.05) is 34.3 Å². The molecule has 0 aliphatic carbocycles. The summed E-state index contributed by atoms with van der Waals surface area (Å²) in [7, 11) is 5.41. The highest BCUT2D eigenvalue weighted by atomic mass is 19.1. The third-order valence-corrected chi connectivity index (χ3v) is 14.0. The Labute approximate surface area is 376 Å². The van der Waals surface area contributed by atoms with Crippen LogP contribution in [0.1, 0.15) is 109 Å². The normalized spacial score (nSPS) is 43.9. The number of methoxy groups -OCH3 is 1. The molecule has 16 heteroatoms. The number of aliphatic hydroxyl groups is 4. The van der Waals surface area contributed by atoms with Gasteiger partial charge in [-0.3, -0.25) is 4.79 Å². The van der Waals surface area contributed by atoms with Crippen LogP contribution in [0.2, 0.25) is 0 Å². The Morgan fingerprint density at radius 2 is 1.60 bits per heavy atom. The second-order valence-corrected chi connectivity index (χ2v) is 20.1. The maximum absolute atomic E-state index is 14.5. The van der Waals surface area contributed by atoms with Gasteiger partial charge in [-0.05, 0) is 119 Å². The first-order chi connectivity index (χ1) is 29.2. The first kappa shape index (κ1) is 53.6. The van der Waals surface area contributed by atoms with Crippen molar-refractivity contribution in [2.45, 2.75) is 205 Å². The number of hydrogen-bond donors (Lipinski definition) is 6. The van der Waals surface area contributed by atoms with Gasteiger partial charge in [0, 0.05) is 38.1 Å². The van der Waals surface area contributed by atoms with Gasteiger partial charge in [0.05, 0.1) is 42.0 Å². The van der Waals surface area contributed by atoms with Gasteiger partial charge in [-0.15, -0.1) is 0 Å². The Morgan fingerprint density at radius 1 is 0.968 bits per heavy atom. The number of aliphatic hydroxyl groups excluding tert-OH is 1.